The Labute approximate surface area is 102 Å². The van der Waals surface area contributed by atoms with Crippen molar-refractivity contribution in [3.63, 3.8) is 0 Å². The van der Waals surface area contributed by atoms with Crippen molar-refractivity contribution in [2.75, 3.05) is 13.2 Å². The van der Waals surface area contributed by atoms with Crippen LogP contribution in [0.1, 0.15) is 24.1 Å². The first-order valence-electron chi connectivity index (χ1n) is 5.30. The molecule has 0 amide bonds. The minimum Gasteiger partial charge on any atom is -0.465 e. The summed E-state index contributed by atoms with van der Waals surface area (Å²) in [7, 11) is 0. The lowest BCUT2D eigenvalue weighted by Crippen LogP contribution is -2.36. The molecule has 0 fully saturated rings. The van der Waals surface area contributed by atoms with E-state index in [0.29, 0.717) is 6.61 Å². The standard InChI is InChI=1S/C12H15NO2.ClH/c1-2-15-12(14)11-10-6-4-3-5-9(10)7-8-13-11;/h3-6,11,13H,2,7-8H2,1H3;1H/t11-;/m0./s1. The molecule has 1 N–H and O–H groups in total. The fraction of sp³-hybridized carbons (Fsp3) is 0.417. The number of benzene rings is 1. The Kier molecular flexibility index (Phi) is 4.77. The number of esters is 1. The van der Waals surface area contributed by atoms with E-state index in [0.717, 1.165) is 18.5 Å². The van der Waals surface area contributed by atoms with Gasteiger partial charge in [0.25, 0.3) is 0 Å². The number of nitrogens with one attached hydrogen (secondary N) is 1. The van der Waals surface area contributed by atoms with E-state index in [1.54, 1.807) is 0 Å². The summed E-state index contributed by atoms with van der Waals surface area (Å²) in [6, 6.07) is 7.74. The highest BCUT2D eigenvalue weighted by molar-refractivity contribution is 5.85. The van der Waals surface area contributed by atoms with Gasteiger partial charge in [-0.2, -0.15) is 0 Å². The number of halogens is 1. The summed E-state index contributed by atoms with van der Waals surface area (Å²) in [6.45, 7) is 3.09. The van der Waals surface area contributed by atoms with Crippen molar-refractivity contribution < 1.29 is 9.53 Å². The quantitative estimate of drug-likeness (QED) is 0.804. The predicted octanol–water partition coefficient (Wildman–Crippen LogP) is 1.86. The second-order valence-corrected chi connectivity index (χ2v) is 3.59. The molecule has 1 atom stereocenters. The third-order valence-electron chi connectivity index (χ3n) is 2.63. The predicted molar refractivity (Wildman–Crippen MR) is 64.8 cm³/mol. The van der Waals surface area contributed by atoms with Gasteiger partial charge in [0.05, 0.1) is 6.61 Å². The van der Waals surface area contributed by atoms with Crippen molar-refractivity contribution in [2.24, 2.45) is 0 Å². The molecular weight excluding hydrogens is 226 g/mol. The number of carbonyl (C=O) groups excluding carboxylic acids is 1. The third-order valence-corrected chi connectivity index (χ3v) is 2.63. The lowest BCUT2D eigenvalue weighted by atomic mass is 9.94. The minimum absolute atomic E-state index is 0. The summed E-state index contributed by atoms with van der Waals surface area (Å²) in [4.78, 5) is 11.7. The Morgan fingerprint density at radius 3 is 3.00 bits per heavy atom. The second-order valence-electron chi connectivity index (χ2n) is 3.59. The second kappa shape index (κ2) is 5.87. The maximum absolute atomic E-state index is 11.7. The van der Waals surface area contributed by atoms with Crippen LogP contribution in [0.3, 0.4) is 0 Å². The summed E-state index contributed by atoms with van der Waals surface area (Å²) in [5.41, 5.74) is 2.30. The van der Waals surface area contributed by atoms with Gasteiger partial charge >= 0.3 is 5.97 Å². The Bertz CT molecular complexity index is 368. The molecule has 4 heteroatoms. The van der Waals surface area contributed by atoms with E-state index in [2.05, 4.69) is 11.4 Å². The Hall–Kier alpha value is -1.06. The van der Waals surface area contributed by atoms with Crippen LogP contribution in [0.25, 0.3) is 0 Å². The first-order chi connectivity index (χ1) is 7.33. The van der Waals surface area contributed by atoms with Crippen LogP contribution in [-0.2, 0) is 16.0 Å². The summed E-state index contributed by atoms with van der Waals surface area (Å²) in [5.74, 6) is -0.176. The number of fused-ring (bicyclic) bond motifs is 1. The molecule has 0 bridgehead atoms. The van der Waals surface area contributed by atoms with E-state index < -0.39 is 0 Å². The molecule has 0 aromatic heterocycles. The lowest BCUT2D eigenvalue weighted by Gasteiger charge is -2.25. The van der Waals surface area contributed by atoms with E-state index >= 15 is 0 Å². The molecule has 1 aromatic carbocycles. The van der Waals surface area contributed by atoms with Crippen LogP contribution in [0.4, 0.5) is 0 Å². The van der Waals surface area contributed by atoms with Gasteiger partial charge in [-0.25, -0.2) is 4.79 Å². The van der Waals surface area contributed by atoms with Gasteiger partial charge in [0.1, 0.15) is 6.04 Å². The number of rotatable bonds is 2. The fourth-order valence-corrected chi connectivity index (χ4v) is 1.94. The largest absolute Gasteiger partial charge is 0.465 e. The van der Waals surface area contributed by atoms with E-state index in [1.807, 2.05) is 25.1 Å². The van der Waals surface area contributed by atoms with Gasteiger partial charge in [0, 0.05) is 6.54 Å². The van der Waals surface area contributed by atoms with Crippen LogP contribution in [0.2, 0.25) is 0 Å². The molecule has 0 spiro atoms. The highest BCUT2D eigenvalue weighted by Gasteiger charge is 2.26. The van der Waals surface area contributed by atoms with Crippen LogP contribution in [0, 0.1) is 0 Å². The van der Waals surface area contributed by atoms with Gasteiger partial charge in [-0.15, -0.1) is 12.4 Å². The van der Waals surface area contributed by atoms with Crippen molar-refractivity contribution in [3.8, 4) is 0 Å². The fourth-order valence-electron chi connectivity index (χ4n) is 1.94. The monoisotopic (exact) mass is 241 g/mol. The van der Waals surface area contributed by atoms with E-state index in [4.69, 9.17) is 4.74 Å². The van der Waals surface area contributed by atoms with Crippen LogP contribution in [-0.4, -0.2) is 19.1 Å². The van der Waals surface area contributed by atoms with Crippen molar-refractivity contribution >= 4 is 18.4 Å². The molecule has 0 saturated heterocycles. The van der Waals surface area contributed by atoms with Gasteiger partial charge in [-0.3, -0.25) is 0 Å². The zero-order valence-corrected chi connectivity index (χ0v) is 10.0. The molecule has 0 radical (unpaired) electrons. The molecule has 2 rings (SSSR count). The smallest absolute Gasteiger partial charge is 0.327 e. The third kappa shape index (κ3) is 2.54. The van der Waals surface area contributed by atoms with Gasteiger partial charge in [-0.1, -0.05) is 24.3 Å². The summed E-state index contributed by atoms with van der Waals surface area (Å²) in [6.07, 6.45) is 0.978. The van der Waals surface area contributed by atoms with Crippen molar-refractivity contribution in [3.05, 3.63) is 35.4 Å². The van der Waals surface area contributed by atoms with Crippen molar-refractivity contribution in [2.45, 2.75) is 19.4 Å². The van der Waals surface area contributed by atoms with E-state index in [9.17, 15) is 4.79 Å². The molecule has 0 saturated carbocycles. The number of hydrogen-bond donors (Lipinski definition) is 1. The van der Waals surface area contributed by atoms with Gasteiger partial charge in [0.15, 0.2) is 0 Å². The van der Waals surface area contributed by atoms with E-state index in [-0.39, 0.29) is 24.4 Å². The van der Waals surface area contributed by atoms with Gasteiger partial charge in [0.2, 0.25) is 0 Å². The van der Waals surface area contributed by atoms with Crippen LogP contribution >= 0.6 is 12.4 Å². The molecule has 1 aliphatic heterocycles. The molecule has 0 aliphatic carbocycles. The van der Waals surface area contributed by atoms with Crippen molar-refractivity contribution in [1.82, 2.24) is 5.32 Å². The van der Waals surface area contributed by atoms with Crippen LogP contribution in [0.15, 0.2) is 24.3 Å². The molecule has 3 nitrogen and oxygen atoms in total. The number of carbonyl (C=O) groups is 1. The average Bonchev–Trinajstić information content (AvgIpc) is 2.28. The normalized spacial score (nSPS) is 18.2. The highest BCUT2D eigenvalue weighted by atomic mass is 35.5. The lowest BCUT2D eigenvalue weighted by molar-refractivity contribution is -0.146. The maximum atomic E-state index is 11.7. The molecule has 16 heavy (non-hydrogen) atoms. The van der Waals surface area contributed by atoms with Crippen LogP contribution in [0.5, 0.6) is 0 Å². The molecule has 1 aliphatic rings. The molecular formula is C12H16ClNO2. The SMILES string of the molecule is CCOC(=O)[C@H]1NCCc2ccccc21.Cl. The minimum atomic E-state index is -0.283. The molecule has 1 heterocycles. The Morgan fingerprint density at radius 2 is 2.25 bits per heavy atom. The zero-order chi connectivity index (χ0) is 10.7. The average molecular weight is 242 g/mol. The highest BCUT2D eigenvalue weighted by Crippen LogP contribution is 2.23. The molecule has 0 unspecified atom stereocenters. The Morgan fingerprint density at radius 1 is 1.50 bits per heavy atom. The first-order valence-corrected chi connectivity index (χ1v) is 5.30. The molecule has 1 aromatic rings. The van der Waals surface area contributed by atoms with Crippen molar-refractivity contribution in [1.29, 1.82) is 0 Å². The van der Waals surface area contributed by atoms with Gasteiger partial charge < -0.3 is 10.1 Å². The van der Waals surface area contributed by atoms with Crippen LogP contribution < -0.4 is 5.32 Å². The Balaban J connectivity index is 0.00000128. The van der Waals surface area contributed by atoms with Gasteiger partial charge in [-0.05, 0) is 24.5 Å². The van der Waals surface area contributed by atoms with E-state index in [1.165, 1.54) is 5.56 Å². The number of ether oxygens (including phenoxy) is 1. The first kappa shape index (κ1) is 13.0. The topological polar surface area (TPSA) is 38.3 Å². The number of hydrogen-bond acceptors (Lipinski definition) is 3. The zero-order valence-electron chi connectivity index (χ0n) is 9.23. The molecule has 88 valence electrons. The summed E-state index contributed by atoms with van der Waals surface area (Å²) >= 11 is 0. The maximum Gasteiger partial charge on any atom is 0.327 e. The summed E-state index contributed by atoms with van der Waals surface area (Å²) in [5, 5.41) is 3.19. The summed E-state index contributed by atoms with van der Waals surface area (Å²) < 4.78 is 5.04.